The van der Waals surface area contributed by atoms with Crippen LogP contribution in [0.4, 0.5) is 0 Å². The fourth-order valence-corrected chi connectivity index (χ4v) is 4.20. The Hall–Kier alpha value is -3.31. The third-order valence-electron chi connectivity index (χ3n) is 5.89. The molecule has 0 saturated carbocycles. The van der Waals surface area contributed by atoms with Crippen molar-refractivity contribution in [2.45, 2.75) is 65.1 Å². The molecule has 3 rings (SSSR count). The predicted octanol–water partition coefficient (Wildman–Crippen LogP) is 6.36. The molecule has 1 atom stereocenters. The number of aryl methyl sites for hydroxylation is 1. The first kappa shape index (κ1) is 28.3. The van der Waals surface area contributed by atoms with Crippen LogP contribution in [0.25, 0.3) is 0 Å². The Morgan fingerprint density at radius 1 is 0.946 bits per heavy atom. The second-order valence-electron chi connectivity index (χ2n) is 10.3. The van der Waals surface area contributed by atoms with E-state index in [2.05, 4.69) is 5.32 Å². The molecule has 0 heterocycles. The highest BCUT2D eigenvalue weighted by Gasteiger charge is 2.32. The molecule has 0 aliphatic heterocycles. The maximum absolute atomic E-state index is 13.7. The minimum atomic E-state index is -0.691. The maximum atomic E-state index is 13.7. The van der Waals surface area contributed by atoms with Crippen molar-refractivity contribution in [3.05, 3.63) is 101 Å². The van der Waals surface area contributed by atoms with Crippen molar-refractivity contribution >= 4 is 23.4 Å². The first-order valence-electron chi connectivity index (χ1n) is 12.7. The van der Waals surface area contributed by atoms with E-state index in [9.17, 15) is 9.59 Å². The Bertz CT molecular complexity index is 1160. The minimum Gasteiger partial charge on any atom is -0.494 e. The highest BCUT2D eigenvalue weighted by Crippen LogP contribution is 2.22. The van der Waals surface area contributed by atoms with Crippen LogP contribution in [0.3, 0.4) is 0 Å². The van der Waals surface area contributed by atoms with Gasteiger partial charge in [0.1, 0.15) is 11.8 Å². The molecule has 0 saturated heterocycles. The molecule has 1 N–H and O–H groups in total. The summed E-state index contributed by atoms with van der Waals surface area (Å²) in [4.78, 5) is 28.9. The van der Waals surface area contributed by atoms with Crippen molar-refractivity contribution in [1.82, 2.24) is 10.2 Å². The molecule has 0 aliphatic rings. The lowest BCUT2D eigenvalue weighted by atomic mass is 10.00. The van der Waals surface area contributed by atoms with Crippen LogP contribution in [0, 0.1) is 6.92 Å². The fourth-order valence-electron chi connectivity index (χ4n) is 4.01. The van der Waals surface area contributed by atoms with Gasteiger partial charge in [-0.1, -0.05) is 77.8 Å². The van der Waals surface area contributed by atoms with E-state index < -0.39 is 11.6 Å². The lowest BCUT2D eigenvalue weighted by molar-refractivity contribution is -0.142. The van der Waals surface area contributed by atoms with Crippen molar-refractivity contribution in [1.29, 1.82) is 0 Å². The highest BCUT2D eigenvalue weighted by atomic mass is 35.5. The molecular formula is C31H37ClN2O3. The van der Waals surface area contributed by atoms with Crippen LogP contribution in [-0.4, -0.2) is 34.9 Å². The molecule has 196 valence electrons. The van der Waals surface area contributed by atoms with E-state index in [0.717, 1.165) is 22.4 Å². The number of carbonyl (C=O) groups is 2. The molecule has 0 fully saturated rings. The number of hydrogen-bond acceptors (Lipinski definition) is 3. The van der Waals surface area contributed by atoms with E-state index in [0.29, 0.717) is 24.5 Å². The summed E-state index contributed by atoms with van der Waals surface area (Å²) in [6.45, 7) is 8.49. The first-order valence-corrected chi connectivity index (χ1v) is 13.1. The van der Waals surface area contributed by atoms with Gasteiger partial charge in [0, 0.05) is 29.9 Å². The Morgan fingerprint density at radius 3 is 2.24 bits per heavy atom. The van der Waals surface area contributed by atoms with Gasteiger partial charge in [-0.3, -0.25) is 9.59 Å². The molecule has 0 aliphatic carbocycles. The number of benzene rings is 3. The number of amides is 2. The number of hydrogen-bond donors (Lipinski definition) is 1. The van der Waals surface area contributed by atoms with Gasteiger partial charge in [-0.15, -0.1) is 0 Å². The van der Waals surface area contributed by atoms with Crippen LogP contribution >= 0.6 is 11.6 Å². The maximum Gasteiger partial charge on any atom is 0.243 e. The number of nitrogens with zero attached hydrogens (tertiary/aromatic N) is 1. The molecular weight excluding hydrogens is 484 g/mol. The van der Waals surface area contributed by atoms with Crippen molar-refractivity contribution in [2.75, 3.05) is 6.61 Å². The molecule has 37 heavy (non-hydrogen) atoms. The van der Waals surface area contributed by atoms with E-state index in [1.807, 2.05) is 100 Å². The topological polar surface area (TPSA) is 58.6 Å². The van der Waals surface area contributed by atoms with E-state index in [1.54, 1.807) is 11.0 Å². The SMILES string of the molecule is Cc1ccc(OCCCC(=O)N(Cc2ccccc2Cl)[C@@H](Cc2ccccc2)C(=O)NC(C)(C)C)cc1. The smallest absolute Gasteiger partial charge is 0.243 e. The summed E-state index contributed by atoms with van der Waals surface area (Å²) < 4.78 is 5.83. The number of halogens is 1. The van der Waals surface area contributed by atoms with E-state index in [-0.39, 0.29) is 24.8 Å². The van der Waals surface area contributed by atoms with Crippen molar-refractivity contribution in [3.8, 4) is 5.75 Å². The van der Waals surface area contributed by atoms with Crippen molar-refractivity contribution < 1.29 is 14.3 Å². The van der Waals surface area contributed by atoms with Gasteiger partial charge in [-0.25, -0.2) is 0 Å². The van der Waals surface area contributed by atoms with Crippen molar-refractivity contribution in [3.63, 3.8) is 0 Å². The number of carbonyl (C=O) groups excluding carboxylic acids is 2. The predicted molar refractivity (Wildman–Crippen MR) is 150 cm³/mol. The summed E-state index contributed by atoms with van der Waals surface area (Å²) in [5.41, 5.74) is 2.51. The summed E-state index contributed by atoms with van der Waals surface area (Å²) in [5.74, 6) is 0.475. The lowest BCUT2D eigenvalue weighted by Crippen LogP contribution is -2.54. The zero-order valence-corrected chi connectivity index (χ0v) is 22.9. The molecule has 2 amide bonds. The van der Waals surface area contributed by atoms with Gasteiger partial charge in [0.05, 0.1) is 6.61 Å². The minimum absolute atomic E-state index is 0.114. The van der Waals surface area contributed by atoms with Crippen LogP contribution in [0.2, 0.25) is 5.02 Å². The average molecular weight is 521 g/mol. The third kappa shape index (κ3) is 9.25. The summed E-state index contributed by atoms with van der Waals surface area (Å²) in [6.07, 6.45) is 1.19. The zero-order chi connectivity index (χ0) is 26.8. The second-order valence-corrected chi connectivity index (χ2v) is 10.7. The van der Waals surface area contributed by atoms with Gasteiger partial charge in [0.2, 0.25) is 11.8 Å². The molecule has 0 bridgehead atoms. The molecule has 3 aromatic rings. The standard InChI is InChI=1S/C31H37ClN2O3/c1-23-16-18-26(19-17-23)37-20-10-15-29(35)34(22-25-13-8-9-14-27(25)32)28(30(36)33-31(2,3)4)21-24-11-6-5-7-12-24/h5-9,11-14,16-19,28H,10,15,20-22H2,1-4H3,(H,33,36)/t28-/m0/s1. The van der Waals surface area contributed by atoms with Gasteiger partial charge in [-0.05, 0) is 63.4 Å². The summed E-state index contributed by atoms with van der Waals surface area (Å²) in [6, 6.07) is 24.4. The molecule has 6 heteroatoms. The molecule has 0 radical (unpaired) electrons. The monoisotopic (exact) mass is 520 g/mol. The van der Waals surface area contributed by atoms with Crippen LogP contribution in [0.5, 0.6) is 5.75 Å². The Kier molecular flexibility index (Phi) is 10.2. The Labute approximate surface area is 225 Å². The highest BCUT2D eigenvalue weighted by molar-refractivity contribution is 6.31. The third-order valence-corrected chi connectivity index (χ3v) is 6.26. The molecule has 5 nitrogen and oxygen atoms in total. The number of nitrogens with one attached hydrogen (secondary N) is 1. The summed E-state index contributed by atoms with van der Waals surface area (Å²) in [7, 11) is 0. The molecule has 0 unspecified atom stereocenters. The largest absolute Gasteiger partial charge is 0.494 e. The van der Waals surface area contributed by atoms with Crippen LogP contribution in [-0.2, 0) is 22.6 Å². The Balaban J connectivity index is 1.81. The van der Waals surface area contributed by atoms with E-state index >= 15 is 0 Å². The Morgan fingerprint density at radius 2 is 1.59 bits per heavy atom. The fraction of sp³-hybridized carbons (Fsp3) is 0.355. The van der Waals surface area contributed by atoms with Gasteiger partial charge >= 0.3 is 0 Å². The number of ether oxygens (including phenoxy) is 1. The molecule has 0 aromatic heterocycles. The van der Waals surface area contributed by atoms with E-state index in [4.69, 9.17) is 16.3 Å². The summed E-state index contributed by atoms with van der Waals surface area (Å²) in [5, 5.41) is 3.65. The number of rotatable bonds is 11. The van der Waals surface area contributed by atoms with Crippen molar-refractivity contribution in [2.24, 2.45) is 0 Å². The van der Waals surface area contributed by atoms with Crippen LogP contribution in [0.15, 0.2) is 78.9 Å². The van der Waals surface area contributed by atoms with Crippen LogP contribution < -0.4 is 10.1 Å². The van der Waals surface area contributed by atoms with E-state index in [1.165, 1.54) is 0 Å². The average Bonchev–Trinajstić information content (AvgIpc) is 2.85. The van der Waals surface area contributed by atoms with Gasteiger partial charge in [-0.2, -0.15) is 0 Å². The molecule has 3 aromatic carbocycles. The molecule has 0 spiro atoms. The van der Waals surface area contributed by atoms with Gasteiger partial charge in [0.25, 0.3) is 0 Å². The lowest BCUT2D eigenvalue weighted by Gasteiger charge is -2.34. The van der Waals surface area contributed by atoms with Gasteiger partial charge < -0.3 is 15.0 Å². The second kappa shape index (κ2) is 13.3. The zero-order valence-electron chi connectivity index (χ0n) is 22.2. The first-order chi connectivity index (χ1) is 17.6. The normalized spacial score (nSPS) is 12.0. The summed E-state index contributed by atoms with van der Waals surface area (Å²) >= 11 is 6.47. The quantitative estimate of drug-likeness (QED) is 0.299. The van der Waals surface area contributed by atoms with Crippen LogP contribution in [0.1, 0.15) is 50.3 Å². The van der Waals surface area contributed by atoms with Gasteiger partial charge in [0.15, 0.2) is 0 Å².